The van der Waals surface area contributed by atoms with Crippen LogP contribution in [0.15, 0.2) is 35.2 Å². The monoisotopic (exact) mass is 294 g/mol. The van der Waals surface area contributed by atoms with E-state index >= 15 is 0 Å². The summed E-state index contributed by atoms with van der Waals surface area (Å²) in [6.45, 7) is 1.36. The molecule has 0 radical (unpaired) electrons. The minimum absolute atomic E-state index is 0.0268. The maximum Gasteiger partial charge on any atom is 0.222 e. The number of Topliss-reactive ketones (excluding diaryl/α,β-unsaturated/α-hetero) is 1. The lowest BCUT2D eigenvalue weighted by molar-refractivity contribution is -0.117. The van der Waals surface area contributed by atoms with Crippen LogP contribution in [0.3, 0.4) is 0 Å². The number of carbonyl (C=O) groups is 1. The molecule has 0 heterocycles. The Morgan fingerprint density at radius 2 is 1.76 bits per heavy atom. The fourth-order valence-electron chi connectivity index (χ4n) is 1.23. The molecule has 3 nitrogen and oxygen atoms in total. The molecule has 17 heavy (non-hydrogen) atoms. The molecule has 0 unspecified atom stereocenters. The van der Waals surface area contributed by atoms with E-state index in [4.69, 9.17) is 23.2 Å². The Kier molecular flexibility index (Phi) is 4.58. The SMILES string of the molecule is CC(=O)CCC(Cl)(Cl)S(=O)(=O)c1ccccc1. The fourth-order valence-corrected chi connectivity index (χ4v) is 3.18. The third kappa shape index (κ3) is 3.44. The van der Waals surface area contributed by atoms with Gasteiger partial charge in [0.2, 0.25) is 13.5 Å². The molecule has 1 aromatic rings. The van der Waals surface area contributed by atoms with Gasteiger partial charge in [-0.2, -0.15) is 0 Å². The first-order chi connectivity index (χ1) is 7.77. The Morgan fingerprint density at radius 3 is 2.24 bits per heavy atom. The first kappa shape index (κ1) is 14.5. The Labute approximate surface area is 111 Å². The van der Waals surface area contributed by atoms with Gasteiger partial charge in [0.25, 0.3) is 0 Å². The molecule has 0 N–H and O–H groups in total. The van der Waals surface area contributed by atoms with E-state index in [1.807, 2.05) is 0 Å². The van der Waals surface area contributed by atoms with Crippen molar-refractivity contribution in [3.8, 4) is 0 Å². The summed E-state index contributed by atoms with van der Waals surface area (Å²) in [5.41, 5.74) is 0. The van der Waals surface area contributed by atoms with Crippen LogP contribution in [-0.2, 0) is 14.6 Å². The summed E-state index contributed by atoms with van der Waals surface area (Å²) in [5.74, 6) is -0.154. The zero-order chi connectivity index (χ0) is 13.1. The normalized spacial score (nSPS) is 12.4. The first-order valence-electron chi connectivity index (χ1n) is 4.94. The smallest absolute Gasteiger partial charge is 0.222 e. The lowest BCUT2D eigenvalue weighted by Crippen LogP contribution is -2.27. The van der Waals surface area contributed by atoms with Gasteiger partial charge in [0.1, 0.15) is 5.78 Å². The molecule has 0 aliphatic rings. The van der Waals surface area contributed by atoms with Crippen LogP contribution < -0.4 is 0 Å². The van der Waals surface area contributed by atoms with Gasteiger partial charge >= 0.3 is 0 Å². The summed E-state index contributed by atoms with van der Waals surface area (Å²) in [5, 5.41) is 0. The number of halogens is 2. The van der Waals surface area contributed by atoms with E-state index in [1.54, 1.807) is 18.2 Å². The fraction of sp³-hybridized carbons (Fsp3) is 0.364. The highest BCUT2D eigenvalue weighted by Gasteiger charge is 2.40. The van der Waals surface area contributed by atoms with E-state index in [0.29, 0.717) is 0 Å². The molecule has 1 aromatic carbocycles. The highest BCUT2D eigenvalue weighted by molar-refractivity contribution is 7.95. The van der Waals surface area contributed by atoms with Gasteiger partial charge in [-0.1, -0.05) is 41.4 Å². The van der Waals surface area contributed by atoms with Crippen LogP contribution in [-0.4, -0.2) is 17.9 Å². The third-order valence-corrected chi connectivity index (χ3v) is 5.69. The molecular weight excluding hydrogens is 283 g/mol. The number of ketones is 1. The minimum Gasteiger partial charge on any atom is -0.300 e. The number of alkyl halides is 2. The summed E-state index contributed by atoms with van der Waals surface area (Å²) in [6, 6.07) is 7.70. The van der Waals surface area contributed by atoms with E-state index in [1.165, 1.54) is 19.1 Å². The van der Waals surface area contributed by atoms with Gasteiger partial charge in [-0.05, 0) is 19.1 Å². The van der Waals surface area contributed by atoms with Crippen molar-refractivity contribution in [2.45, 2.75) is 28.3 Å². The first-order valence-corrected chi connectivity index (χ1v) is 7.18. The van der Waals surface area contributed by atoms with Gasteiger partial charge in [0.15, 0.2) is 0 Å². The molecule has 0 aliphatic carbocycles. The molecule has 0 aromatic heterocycles. The Bertz CT molecular complexity index is 495. The zero-order valence-corrected chi connectivity index (χ0v) is 11.5. The number of hydrogen-bond acceptors (Lipinski definition) is 3. The van der Waals surface area contributed by atoms with Crippen molar-refractivity contribution in [2.75, 3.05) is 0 Å². The number of carbonyl (C=O) groups excluding carboxylic acids is 1. The quantitative estimate of drug-likeness (QED) is 0.785. The van der Waals surface area contributed by atoms with Crippen molar-refractivity contribution in [1.82, 2.24) is 0 Å². The highest BCUT2D eigenvalue weighted by Crippen LogP contribution is 2.37. The van der Waals surface area contributed by atoms with E-state index < -0.39 is 13.5 Å². The number of hydrogen-bond donors (Lipinski definition) is 0. The van der Waals surface area contributed by atoms with Crippen molar-refractivity contribution in [1.29, 1.82) is 0 Å². The molecule has 0 spiro atoms. The van der Waals surface area contributed by atoms with E-state index in [2.05, 4.69) is 0 Å². The molecule has 0 fully saturated rings. The van der Waals surface area contributed by atoms with Crippen LogP contribution in [0.5, 0.6) is 0 Å². The average Bonchev–Trinajstić information content (AvgIpc) is 2.27. The molecule has 6 heteroatoms. The van der Waals surface area contributed by atoms with Crippen LogP contribution >= 0.6 is 23.2 Å². The van der Waals surface area contributed by atoms with Crippen LogP contribution in [0.25, 0.3) is 0 Å². The lowest BCUT2D eigenvalue weighted by atomic mass is 10.2. The summed E-state index contributed by atoms with van der Waals surface area (Å²) in [6.07, 6.45) is -0.0955. The van der Waals surface area contributed by atoms with Crippen molar-refractivity contribution < 1.29 is 13.2 Å². The Hall–Kier alpha value is -0.580. The predicted octanol–water partition coefficient (Wildman–Crippen LogP) is 2.96. The number of benzene rings is 1. The van der Waals surface area contributed by atoms with E-state index in [0.717, 1.165) is 0 Å². The van der Waals surface area contributed by atoms with Gasteiger partial charge in [-0.15, -0.1) is 0 Å². The lowest BCUT2D eigenvalue weighted by Gasteiger charge is -2.19. The maximum atomic E-state index is 12.1. The zero-order valence-electron chi connectivity index (χ0n) is 9.19. The van der Waals surface area contributed by atoms with Crippen molar-refractivity contribution in [3.63, 3.8) is 0 Å². The molecule has 0 saturated heterocycles. The predicted molar refractivity (Wildman–Crippen MR) is 68.0 cm³/mol. The molecule has 0 amide bonds. The van der Waals surface area contributed by atoms with Crippen molar-refractivity contribution in [3.05, 3.63) is 30.3 Å². The average molecular weight is 295 g/mol. The topological polar surface area (TPSA) is 51.2 Å². The van der Waals surface area contributed by atoms with Crippen LogP contribution in [0, 0.1) is 0 Å². The van der Waals surface area contributed by atoms with Crippen LogP contribution in [0.2, 0.25) is 0 Å². The second-order valence-corrected chi connectivity index (χ2v) is 7.76. The number of rotatable bonds is 5. The summed E-state index contributed by atoms with van der Waals surface area (Å²) < 4.78 is 22.2. The Morgan fingerprint density at radius 1 is 1.24 bits per heavy atom. The third-order valence-electron chi connectivity index (χ3n) is 2.21. The van der Waals surface area contributed by atoms with Gasteiger partial charge in [-0.3, -0.25) is 0 Å². The molecule has 0 aliphatic heterocycles. The second-order valence-electron chi connectivity index (χ2n) is 3.66. The van der Waals surface area contributed by atoms with Gasteiger partial charge in [0.05, 0.1) is 4.90 Å². The largest absolute Gasteiger partial charge is 0.300 e. The van der Waals surface area contributed by atoms with Crippen LogP contribution in [0.4, 0.5) is 0 Å². The van der Waals surface area contributed by atoms with E-state index in [-0.39, 0.29) is 23.5 Å². The van der Waals surface area contributed by atoms with Crippen molar-refractivity contribution in [2.24, 2.45) is 0 Å². The van der Waals surface area contributed by atoms with Crippen LogP contribution in [0.1, 0.15) is 19.8 Å². The minimum atomic E-state index is -3.86. The molecular formula is C11H12Cl2O3S. The van der Waals surface area contributed by atoms with Crippen molar-refractivity contribution >= 4 is 38.8 Å². The van der Waals surface area contributed by atoms with Gasteiger partial charge in [0, 0.05) is 12.8 Å². The molecule has 1 rings (SSSR count). The summed E-state index contributed by atoms with van der Waals surface area (Å²) in [4.78, 5) is 10.9. The molecule has 0 bridgehead atoms. The van der Waals surface area contributed by atoms with E-state index in [9.17, 15) is 13.2 Å². The summed E-state index contributed by atoms with van der Waals surface area (Å²) >= 11 is 11.7. The maximum absolute atomic E-state index is 12.1. The summed E-state index contributed by atoms with van der Waals surface area (Å²) in [7, 11) is -3.86. The van der Waals surface area contributed by atoms with Gasteiger partial charge in [-0.25, -0.2) is 8.42 Å². The molecule has 0 atom stereocenters. The Balaban J connectivity index is 3.01. The standard InChI is InChI=1S/C11H12Cl2O3S/c1-9(14)7-8-11(12,13)17(15,16)10-5-3-2-4-6-10/h2-6H,7-8H2,1H3. The number of sulfone groups is 1. The highest BCUT2D eigenvalue weighted by atomic mass is 35.5. The van der Waals surface area contributed by atoms with Gasteiger partial charge < -0.3 is 4.79 Å². The second kappa shape index (κ2) is 5.38. The molecule has 0 saturated carbocycles. The molecule has 94 valence electrons.